The second-order valence-corrected chi connectivity index (χ2v) is 3.26. The number of amides is 1. The summed E-state index contributed by atoms with van der Waals surface area (Å²) in [5, 5.41) is 3.08. The minimum Gasteiger partial charge on any atom is -0.497 e. The first-order valence-electron chi connectivity index (χ1n) is 4.31. The number of carbonyl (C=O) groups is 1. The highest BCUT2D eigenvalue weighted by Gasteiger charge is 2.37. The molecule has 4 heteroatoms. The van der Waals surface area contributed by atoms with Gasteiger partial charge in [0.25, 0.3) is 0 Å². The molecule has 0 aromatic carbocycles. The fourth-order valence-corrected chi connectivity index (χ4v) is 1.71. The third kappa shape index (κ3) is 1.39. The van der Waals surface area contributed by atoms with Gasteiger partial charge in [0.05, 0.1) is 5.92 Å². The molecule has 2 aliphatic rings. The summed E-state index contributed by atoms with van der Waals surface area (Å²) < 4.78 is 5.38. The highest BCUT2D eigenvalue weighted by molar-refractivity contribution is 5.78. The van der Waals surface area contributed by atoms with Crippen molar-refractivity contribution in [3.8, 4) is 0 Å². The van der Waals surface area contributed by atoms with Crippen LogP contribution in [0.25, 0.3) is 0 Å². The molecule has 3 N–H and O–H groups in total. The molecular formula is C9H12N2O2. The summed E-state index contributed by atoms with van der Waals surface area (Å²) in [4.78, 5) is 11.0. The quantitative estimate of drug-likeness (QED) is 0.584. The molecule has 4 nitrogen and oxygen atoms in total. The standard InChI is InChI=1S/C9H12N2O2/c10-9(12)7-5-13-8-2-1-3-11-4-6(7)8/h1-3,6-7,11H,4-5H2,(H2,10,12). The smallest absolute Gasteiger partial charge is 0.224 e. The van der Waals surface area contributed by atoms with Crippen LogP contribution in [0.3, 0.4) is 0 Å². The van der Waals surface area contributed by atoms with Gasteiger partial charge in [-0.25, -0.2) is 0 Å². The predicted molar refractivity (Wildman–Crippen MR) is 47.4 cm³/mol. The summed E-state index contributed by atoms with van der Waals surface area (Å²) in [5.41, 5.74) is 5.26. The fourth-order valence-electron chi connectivity index (χ4n) is 1.71. The van der Waals surface area contributed by atoms with Crippen molar-refractivity contribution < 1.29 is 9.53 Å². The zero-order chi connectivity index (χ0) is 9.26. The van der Waals surface area contributed by atoms with E-state index in [1.165, 1.54) is 0 Å². The van der Waals surface area contributed by atoms with Crippen molar-refractivity contribution in [2.45, 2.75) is 0 Å². The Hall–Kier alpha value is -1.45. The lowest BCUT2D eigenvalue weighted by atomic mass is 9.93. The molecule has 0 bridgehead atoms. The molecule has 0 aromatic heterocycles. The van der Waals surface area contributed by atoms with Gasteiger partial charge in [-0.05, 0) is 18.4 Å². The molecule has 13 heavy (non-hydrogen) atoms. The van der Waals surface area contributed by atoms with E-state index in [1.54, 1.807) is 0 Å². The number of fused-ring (bicyclic) bond motifs is 1. The van der Waals surface area contributed by atoms with E-state index in [2.05, 4.69) is 5.32 Å². The maximum atomic E-state index is 11.0. The summed E-state index contributed by atoms with van der Waals surface area (Å²) >= 11 is 0. The zero-order valence-corrected chi connectivity index (χ0v) is 7.19. The van der Waals surface area contributed by atoms with Crippen LogP contribution in [0.4, 0.5) is 0 Å². The van der Waals surface area contributed by atoms with Gasteiger partial charge in [-0.3, -0.25) is 4.79 Å². The van der Waals surface area contributed by atoms with Crippen LogP contribution < -0.4 is 11.1 Å². The first-order valence-corrected chi connectivity index (χ1v) is 4.31. The van der Waals surface area contributed by atoms with E-state index >= 15 is 0 Å². The Morgan fingerprint density at radius 1 is 1.69 bits per heavy atom. The first kappa shape index (κ1) is 8.16. The van der Waals surface area contributed by atoms with Crippen LogP contribution in [-0.4, -0.2) is 19.1 Å². The number of hydrogen-bond donors (Lipinski definition) is 2. The van der Waals surface area contributed by atoms with E-state index in [9.17, 15) is 4.79 Å². The summed E-state index contributed by atoms with van der Waals surface area (Å²) in [6.45, 7) is 1.14. The van der Waals surface area contributed by atoms with Crippen LogP contribution in [0, 0.1) is 11.8 Å². The van der Waals surface area contributed by atoms with Crippen LogP contribution in [0.15, 0.2) is 24.1 Å². The second kappa shape index (κ2) is 3.12. The zero-order valence-electron chi connectivity index (χ0n) is 7.19. The molecule has 0 aliphatic carbocycles. The minimum absolute atomic E-state index is 0.104. The molecule has 1 fully saturated rings. The average Bonchev–Trinajstić information content (AvgIpc) is 2.36. The lowest BCUT2D eigenvalue weighted by Crippen LogP contribution is -2.32. The van der Waals surface area contributed by atoms with E-state index in [0.717, 1.165) is 12.3 Å². The van der Waals surface area contributed by atoms with Gasteiger partial charge in [0.1, 0.15) is 12.4 Å². The van der Waals surface area contributed by atoms with E-state index in [-0.39, 0.29) is 17.7 Å². The van der Waals surface area contributed by atoms with Crippen LogP contribution in [0.1, 0.15) is 0 Å². The predicted octanol–water partition coefficient (Wildman–Crippen LogP) is -0.265. The van der Waals surface area contributed by atoms with Gasteiger partial charge < -0.3 is 15.8 Å². The van der Waals surface area contributed by atoms with Gasteiger partial charge in [0.2, 0.25) is 5.91 Å². The van der Waals surface area contributed by atoms with Gasteiger partial charge in [-0.15, -0.1) is 0 Å². The molecule has 1 amide bonds. The number of allylic oxidation sites excluding steroid dienone is 2. The maximum Gasteiger partial charge on any atom is 0.224 e. The Balaban J connectivity index is 2.19. The number of nitrogens with two attached hydrogens (primary N) is 1. The monoisotopic (exact) mass is 180 g/mol. The Morgan fingerprint density at radius 3 is 3.31 bits per heavy atom. The van der Waals surface area contributed by atoms with Crippen molar-refractivity contribution in [2.24, 2.45) is 17.6 Å². The molecule has 70 valence electrons. The maximum absolute atomic E-state index is 11.0. The Morgan fingerprint density at radius 2 is 2.54 bits per heavy atom. The average molecular weight is 180 g/mol. The molecule has 2 heterocycles. The number of carbonyl (C=O) groups excluding carboxylic acids is 1. The van der Waals surface area contributed by atoms with Crippen molar-refractivity contribution in [3.05, 3.63) is 24.1 Å². The molecule has 2 rings (SSSR count). The van der Waals surface area contributed by atoms with Crippen LogP contribution in [0.5, 0.6) is 0 Å². The number of rotatable bonds is 1. The summed E-state index contributed by atoms with van der Waals surface area (Å²) in [6.07, 6.45) is 5.60. The molecule has 0 aromatic rings. The van der Waals surface area contributed by atoms with Gasteiger partial charge in [0.15, 0.2) is 0 Å². The van der Waals surface area contributed by atoms with Gasteiger partial charge in [-0.2, -0.15) is 0 Å². The van der Waals surface area contributed by atoms with Gasteiger partial charge in [-0.1, -0.05) is 0 Å². The highest BCUT2D eigenvalue weighted by atomic mass is 16.5. The Kier molecular flexibility index (Phi) is 1.96. The molecule has 2 aliphatic heterocycles. The van der Waals surface area contributed by atoms with E-state index < -0.39 is 0 Å². The SMILES string of the molecule is NC(=O)C1COC2=CC=CNCC21. The van der Waals surface area contributed by atoms with Crippen LogP contribution >= 0.6 is 0 Å². The Bertz CT molecular complexity index is 283. The van der Waals surface area contributed by atoms with Crippen molar-refractivity contribution in [2.75, 3.05) is 13.2 Å². The summed E-state index contributed by atoms with van der Waals surface area (Å²) in [7, 11) is 0. The lowest BCUT2D eigenvalue weighted by Gasteiger charge is -2.12. The molecule has 1 saturated heterocycles. The van der Waals surface area contributed by atoms with Crippen LogP contribution in [-0.2, 0) is 9.53 Å². The third-order valence-electron chi connectivity index (χ3n) is 2.46. The minimum atomic E-state index is -0.280. The fraction of sp³-hybridized carbons (Fsp3) is 0.444. The van der Waals surface area contributed by atoms with Gasteiger partial charge >= 0.3 is 0 Å². The number of hydrogen-bond acceptors (Lipinski definition) is 3. The second-order valence-electron chi connectivity index (χ2n) is 3.26. The largest absolute Gasteiger partial charge is 0.497 e. The highest BCUT2D eigenvalue weighted by Crippen LogP contribution is 2.30. The van der Waals surface area contributed by atoms with Crippen molar-refractivity contribution >= 4 is 5.91 Å². The van der Waals surface area contributed by atoms with Crippen molar-refractivity contribution in [3.63, 3.8) is 0 Å². The number of primary amides is 1. The molecule has 2 atom stereocenters. The Labute approximate surface area is 76.4 Å². The topological polar surface area (TPSA) is 64.4 Å². The molecule has 0 spiro atoms. The first-order chi connectivity index (χ1) is 6.29. The number of ether oxygens (including phenoxy) is 1. The van der Waals surface area contributed by atoms with E-state index in [1.807, 2.05) is 18.4 Å². The van der Waals surface area contributed by atoms with Gasteiger partial charge in [0, 0.05) is 12.5 Å². The summed E-state index contributed by atoms with van der Waals surface area (Å²) in [6, 6.07) is 0. The molecule has 0 radical (unpaired) electrons. The van der Waals surface area contributed by atoms with Crippen molar-refractivity contribution in [1.82, 2.24) is 5.32 Å². The molecule has 0 saturated carbocycles. The van der Waals surface area contributed by atoms with Crippen molar-refractivity contribution in [1.29, 1.82) is 0 Å². The molecule has 2 unspecified atom stereocenters. The number of nitrogens with one attached hydrogen (secondary N) is 1. The van der Waals surface area contributed by atoms with Crippen LogP contribution in [0.2, 0.25) is 0 Å². The normalized spacial score (nSPS) is 30.9. The van der Waals surface area contributed by atoms with E-state index in [0.29, 0.717) is 6.61 Å². The molecular weight excluding hydrogens is 168 g/mol. The third-order valence-corrected chi connectivity index (χ3v) is 2.46. The summed E-state index contributed by atoms with van der Waals surface area (Å²) in [5.74, 6) is 0.508. The lowest BCUT2D eigenvalue weighted by molar-refractivity contribution is -0.122. The van der Waals surface area contributed by atoms with E-state index in [4.69, 9.17) is 10.5 Å².